The van der Waals surface area contributed by atoms with Crippen molar-refractivity contribution in [2.24, 2.45) is 5.10 Å². The molecule has 10 nitrogen and oxygen atoms in total. The van der Waals surface area contributed by atoms with Crippen molar-refractivity contribution < 1.29 is 23.8 Å². The number of rotatable bonds is 9. The Morgan fingerprint density at radius 2 is 1.83 bits per heavy atom. The molecule has 42 heavy (non-hydrogen) atoms. The fourth-order valence-electron chi connectivity index (χ4n) is 4.66. The van der Waals surface area contributed by atoms with Crippen LogP contribution in [0.3, 0.4) is 0 Å². The highest BCUT2D eigenvalue weighted by molar-refractivity contribution is 9.10. The van der Waals surface area contributed by atoms with Gasteiger partial charge in [-0.1, -0.05) is 27.7 Å². The van der Waals surface area contributed by atoms with Gasteiger partial charge in [0, 0.05) is 21.8 Å². The Balaban J connectivity index is 1.37. The van der Waals surface area contributed by atoms with E-state index in [9.17, 15) is 14.4 Å². The van der Waals surface area contributed by atoms with Gasteiger partial charge in [0.15, 0.2) is 16.7 Å². The zero-order valence-corrected chi connectivity index (χ0v) is 26.3. The van der Waals surface area contributed by atoms with E-state index in [1.807, 2.05) is 24.3 Å². The Morgan fingerprint density at radius 1 is 1.14 bits per heavy atom. The minimum atomic E-state index is -0.518. The Hall–Kier alpha value is -3.68. The van der Waals surface area contributed by atoms with Crippen LogP contribution in [0.2, 0.25) is 0 Å². The summed E-state index contributed by atoms with van der Waals surface area (Å²) in [7, 11) is 2.87. The van der Waals surface area contributed by atoms with Gasteiger partial charge in [-0.2, -0.15) is 5.10 Å². The number of thiophene rings is 1. The summed E-state index contributed by atoms with van der Waals surface area (Å²) in [4.78, 5) is 44.9. The minimum Gasteiger partial charge on any atom is -0.493 e. The second-order valence-corrected chi connectivity index (χ2v) is 12.3. The molecule has 218 valence electrons. The first kappa shape index (κ1) is 29.8. The van der Waals surface area contributed by atoms with E-state index in [2.05, 4.69) is 26.5 Å². The van der Waals surface area contributed by atoms with Crippen LogP contribution >= 0.6 is 39.0 Å². The third kappa shape index (κ3) is 6.37. The molecular formula is C29H27BrN4O6S2. The number of aromatic nitrogens is 2. The molecule has 2 aromatic carbocycles. The summed E-state index contributed by atoms with van der Waals surface area (Å²) in [5.74, 6) is -0.219. The van der Waals surface area contributed by atoms with E-state index in [0.717, 1.165) is 35.7 Å². The molecule has 0 bridgehead atoms. The maximum Gasteiger partial charge on any atom is 0.308 e. The van der Waals surface area contributed by atoms with Gasteiger partial charge in [-0.05, 0) is 67.6 Å². The number of amides is 1. The van der Waals surface area contributed by atoms with E-state index < -0.39 is 5.97 Å². The number of hydrogen-bond donors (Lipinski definition) is 1. The smallest absolute Gasteiger partial charge is 0.308 e. The number of methoxy groups -OCH3 is 2. The van der Waals surface area contributed by atoms with E-state index in [1.54, 1.807) is 28.0 Å². The lowest BCUT2D eigenvalue weighted by Crippen LogP contribution is -2.24. The first-order chi connectivity index (χ1) is 20.3. The number of nitrogens with one attached hydrogen (secondary N) is 1. The van der Waals surface area contributed by atoms with Crippen molar-refractivity contribution >= 4 is 67.3 Å². The van der Waals surface area contributed by atoms with E-state index in [4.69, 9.17) is 19.2 Å². The van der Waals surface area contributed by atoms with Gasteiger partial charge in [0.05, 0.1) is 37.3 Å². The number of hydrazone groups is 1. The van der Waals surface area contributed by atoms with Crippen LogP contribution in [0.15, 0.2) is 55.9 Å². The molecule has 5 rings (SSSR count). The lowest BCUT2D eigenvalue weighted by molar-refractivity contribution is -0.132. The van der Waals surface area contributed by atoms with Crippen LogP contribution in [-0.2, 0) is 22.4 Å². The third-order valence-electron chi connectivity index (χ3n) is 6.51. The number of thioether (sulfide) groups is 1. The van der Waals surface area contributed by atoms with E-state index >= 15 is 0 Å². The largest absolute Gasteiger partial charge is 0.493 e. The number of carbonyl (C=O) groups excluding carboxylic acids is 2. The zero-order chi connectivity index (χ0) is 29.8. The molecule has 2 aromatic heterocycles. The van der Waals surface area contributed by atoms with Crippen LogP contribution in [-0.4, -0.2) is 47.6 Å². The van der Waals surface area contributed by atoms with Crippen molar-refractivity contribution in [3.63, 3.8) is 0 Å². The summed E-state index contributed by atoms with van der Waals surface area (Å²) in [5.41, 5.74) is 4.72. The van der Waals surface area contributed by atoms with Crippen LogP contribution in [0.25, 0.3) is 15.9 Å². The monoisotopic (exact) mass is 670 g/mol. The highest BCUT2D eigenvalue weighted by Crippen LogP contribution is 2.38. The fraction of sp³-hybridized carbons (Fsp3) is 0.276. The summed E-state index contributed by atoms with van der Waals surface area (Å²) in [6.45, 7) is 1.28. The van der Waals surface area contributed by atoms with Gasteiger partial charge in [-0.15, -0.1) is 11.3 Å². The molecule has 1 N–H and O–H groups in total. The van der Waals surface area contributed by atoms with Crippen LogP contribution < -0.4 is 25.2 Å². The summed E-state index contributed by atoms with van der Waals surface area (Å²) < 4.78 is 18.3. The summed E-state index contributed by atoms with van der Waals surface area (Å²) >= 11 is 6.19. The van der Waals surface area contributed by atoms with Gasteiger partial charge >= 0.3 is 5.97 Å². The van der Waals surface area contributed by atoms with Crippen LogP contribution in [0.4, 0.5) is 0 Å². The molecule has 1 aliphatic carbocycles. The molecule has 0 radical (unpaired) electrons. The summed E-state index contributed by atoms with van der Waals surface area (Å²) in [6, 6.07) is 10.6. The Bertz CT molecular complexity index is 1720. The van der Waals surface area contributed by atoms with Gasteiger partial charge in [0.1, 0.15) is 4.83 Å². The number of halogens is 1. The van der Waals surface area contributed by atoms with Crippen molar-refractivity contribution in [3.05, 3.63) is 67.2 Å². The molecule has 1 amide bonds. The lowest BCUT2D eigenvalue weighted by atomic mass is 9.97. The second-order valence-electron chi connectivity index (χ2n) is 9.33. The van der Waals surface area contributed by atoms with Crippen LogP contribution in [0, 0.1) is 0 Å². The lowest BCUT2D eigenvalue weighted by Gasteiger charge is -2.13. The van der Waals surface area contributed by atoms with Crippen molar-refractivity contribution in [1.82, 2.24) is 15.0 Å². The Labute approximate surface area is 258 Å². The van der Waals surface area contributed by atoms with Gasteiger partial charge in [-0.25, -0.2) is 10.4 Å². The number of esters is 1. The van der Waals surface area contributed by atoms with Gasteiger partial charge < -0.3 is 14.2 Å². The van der Waals surface area contributed by atoms with Crippen molar-refractivity contribution in [2.45, 2.75) is 37.8 Å². The van der Waals surface area contributed by atoms with Crippen LogP contribution in [0.1, 0.15) is 35.8 Å². The number of benzene rings is 2. The average Bonchev–Trinajstić information content (AvgIpc) is 3.35. The van der Waals surface area contributed by atoms with Gasteiger partial charge in [0.25, 0.3) is 11.5 Å². The molecule has 0 aliphatic heterocycles. The molecule has 2 heterocycles. The molecule has 1 aliphatic rings. The SMILES string of the molecule is COc1cc(C=NNC(=O)CSc2nc3sc4c(c3c(=O)n2-c2ccc(Br)cc2)CCCC4)cc(OC)c1OC(C)=O. The number of hydrogen-bond acceptors (Lipinski definition) is 10. The quantitative estimate of drug-likeness (QED) is 0.0638. The number of nitrogens with zero attached hydrogens (tertiary/aromatic N) is 3. The van der Waals surface area contributed by atoms with Crippen LogP contribution in [0.5, 0.6) is 17.2 Å². The summed E-state index contributed by atoms with van der Waals surface area (Å²) in [5, 5.41) is 5.16. The molecule has 4 aromatic rings. The standard InChI is InChI=1S/C29H27BrN4O6S2/c1-16(35)40-26-21(38-2)12-17(13-22(26)39-3)14-31-33-24(36)15-41-29-32-27-25(20-6-4-5-7-23(20)42-27)28(37)34(29)19-10-8-18(30)9-11-19/h8-14H,4-7,15H2,1-3H3,(H,33,36). The van der Waals surface area contributed by atoms with Crippen molar-refractivity contribution in [2.75, 3.05) is 20.0 Å². The zero-order valence-electron chi connectivity index (χ0n) is 23.1. The fourth-order valence-corrected chi connectivity index (χ4v) is 7.03. The molecule has 0 unspecified atom stereocenters. The molecule has 0 fully saturated rings. The molecule has 0 saturated heterocycles. The van der Waals surface area contributed by atoms with E-state index in [1.165, 1.54) is 44.0 Å². The summed E-state index contributed by atoms with van der Waals surface area (Å²) in [6.07, 6.45) is 5.43. The molecule has 0 saturated carbocycles. The third-order valence-corrected chi connectivity index (χ3v) is 9.16. The number of ether oxygens (including phenoxy) is 3. The van der Waals surface area contributed by atoms with E-state index in [0.29, 0.717) is 26.6 Å². The highest BCUT2D eigenvalue weighted by Gasteiger charge is 2.23. The predicted molar refractivity (Wildman–Crippen MR) is 167 cm³/mol. The van der Waals surface area contributed by atoms with Crippen molar-refractivity contribution in [3.8, 4) is 22.9 Å². The van der Waals surface area contributed by atoms with Crippen molar-refractivity contribution in [1.29, 1.82) is 0 Å². The molecule has 13 heteroatoms. The molecule has 0 atom stereocenters. The number of aryl methyl sites for hydroxylation is 2. The predicted octanol–water partition coefficient (Wildman–Crippen LogP) is 5.27. The highest BCUT2D eigenvalue weighted by atomic mass is 79.9. The maximum atomic E-state index is 13.9. The number of fused-ring (bicyclic) bond motifs is 3. The van der Waals surface area contributed by atoms with E-state index in [-0.39, 0.29) is 34.5 Å². The minimum absolute atomic E-state index is 0.0189. The average molecular weight is 672 g/mol. The normalized spacial score (nSPS) is 12.8. The number of carbonyl (C=O) groups is 2. The van der Waals surface area contributed by atoms with Gasteiger partial charge in [-0.3, -0.25) is 19.0 Å². The molecule has 0 spiro atoms. The first-order valence-corrected chi connectivity index (χ1v) is 15.6. The van der Waals surface area contributed by atoms with Gasteiger partial charge in [0.2, 0.25) is 5.75 Å². The first-order valence-electron chi connectivity index (χ1n) is 13.0. The second kappa shape index (κ2) is 13.1. The maximum absolute atomic E-state index is 13.9. The Kier molecular flexibility index (Phi) is 9.29. The Morgan fingerprint density at radius 3 is 2.50 bits per heavy atom. The topological polar surface area (TPSA) is 121 Å². The molecular weight excluding hydrogens is 644 g/mol.